The van der Waals surface area contributed by atoms with Crippen molar-refractivity contribution in [3.05, 3.63) is 0 Å². The lowest BCUT2D eigenvalue weighted by Gasteiger charge is -2.36. The Labute approximate surface area is 82.2 Å². The number of nitrogens with zero attached hydrogens (tertiary/aromatic N) is 2. The summed E-state index contributed by atoms with van der Waals surface area (Å²) in [4.78, 5) is 12.6. The largest absolute Gasteiger partial charge is 0.347 e. The van der Waals surface area contributed by atoms with Gasteiger partial charge in [-0.15, -0.1) is 0 Å². The van der Waals surface area contributed by atoms with Crippen LogP contribution in [0.25, 0.3) is 0 Å². The van der Waals surface area contributed by atoms with E-state index < -0.39 is 11.7 Å². The first-order valence-corrected chi connectivity index (χ1v) is 4.73. The smallest absolute Gasteiger partial charge is 0.324 e. The van der Waals surface area contributed by atoms with Gasteiger partial charge in [-0.1, -0.05) is 0 Å². The lowest BCUT2D eigenvalue weighted by Crippen LogP contribution is -2.46. The number of rotatable bonds is 0. The predicted molar refractivity (Wildman–Crippen MR) is 46.1 cm³/mol. The second-order valence-corrected chi connectivity index (χ2v) is 3.51. The first-order valence-electron chi connectivity index (χ1n) is 4.73. The van der Waals surface area contributed by atoms with Crippen molar-refractivity contribution in [1.82, 2.24) is 4.90 Å². The van der Waals surface area contributed by atoms with Crippen LogP contribution in [0.4, 0.5) is 0 Å². The monoisotopic (exact) mass is 196 g/mol. The number of hydrogen-bond acceptors (Lipinski definition) is 4. The second kappa shape index (κ2) is 3.56. The zero-order valence-corrected chi connectivity index (χ0v) is 7.86. The molecule has 0 N–H and O–H groups in total. The number of ether oxygens (including phenoxy) is 2. The molecule has 0 bridgehead atoms. The van der Waals surface area contributed by atoms with Gasteiger partial charge in [0.2, 0.25) is 0 Å². The highest BCUT2D eigenvalue weighted by Crippen LogP contribution is 2.30. The Hall–Kier alpha value is -1.12. The van der Waals surface area contributed by atoms with E-state index >= 15 is 0 Å². The van der Waals surface area contributed by atoms with E-state index in [4.69, 9.17) is 14.7 Å². The maximum Gasteiger partial charge on any atom is 0.324 e. The number of piperidine rings is 1. The van der Waals surface area contributed by atoms with Gasteiger partial charge in [-0.05, 0) is 0 Å². The molecule has 2 saturated heterocycles. The third-order valence-corrected chi connectivity index (χ3v) is 2.72. The molecular formula is C9H12N2O3. The predicted octanol–water partition coefficient (Wildman–Crippen LogP) is -0.125. The first kappa shape index (κ1) is 9.44. The van der Waals surface area contributed by atoms with Crippen LogP contribution in [0.1, 0.15) is 12.8 Å². The molecule has 1 spiro atoms. The fourth-order valence-corrected chi connectivity index (χ4v) is 1.91. The molecule has 2 heterocycles. The molecule has 0 atom stereocenters. The minimum atomic E-state index is -0.466. The number of hydrogen-bond donors (Lipinski definition) is 0. The number of likely N-dealkylation sites (tertiary alicyclic amines) is 1. The minimum Gasteiger partial charge on any atom is -0.347 e. The third kappa shape index (κ3) is 1.59. The Morgan fingerprint density at radius 3 is 2.36 bits per heavy atom. The molecule has 2 rings (SSSR count). The fraction of sp³-hybridized carbons (Fsp3) is 0.778. The standard InChI is InChI=1S/C9H12N2O3/c10-7-8(12)11-3-1-9(2-4-11)13-5-6-14-9/h1-6H2. The highest BCUT2D eigenvalue weighted by Gasteiger charge is 2.40. The molecule has 2 aliphatic rings. The van der Waals surface area contributed by atoms with Crippen LogP contribution in [0.15, 0.2) is 0 Å². The second-order valence-electron chi connectivity index (χ2n) is 3.51. The molecule has 76 valence electrons. The first-order chi connectivity index (χ1) is 6.76. The summed E-state index contributed by atoms with van der Waals surface area (Å²) < 4.78 is 11.0. The third-order valence-electron chi connectivity index (χ3n) is 2.72. The molecule has 0 unspecified atom stereocenters. The molecule has 0 aromatic rings. The van der Waals surface area contributed by atoms with Crippen LogP contribution >= 0.6 is 0 Å². The van der Waals surface area contributed by atoms with Gasteiger partial charge in [0.25, 0.3) is 0 Å². The lowest BCUT2D eigenvalue weighted by molar-refractivity contribution is -0.186. The van der Waals surface area contributed by atoms with Crippen LogP contribution in [-0.2, 0) is 14.3 Å². The molecule has 0 radical (unpaired) electrons. The van der Waals surface area contributed by atoms with E-state index in [1.165, 1.54) is 4.90 Å². The molecule has 14 heavy (non-hydrogen) atoms. The van der Waals surface area contributed by atoms with Crippen molar-refractivity contribution in [2.24, 2.45) is 0 Å². The normalized spacial score (nSPS) is 24.9. The molecule has 0 saturated carbocycles. The Morgan fingerprint density at radius 2 is 1.86 bits per heavy atom. The van der Waals surface area contributed by atoms with E-state index in [0.717, 1.165) is 0 Å². The quantitative estimate of drug-likeness (QED) is 0.506. The van der Waals surface area contributed by atoms with Crippen LogP contribution in [-0.4, -0.2) is 42.9 Å². The molecule has 2 aliphatic heterocycles. The maximum atomic E-state index is 11.1. The Balaban J connectivity index is 1.92. The van der Waals surface area contributed by atoms with Crippen molar-refractivity contribution in [1.29, 1.82) is 5.26 Å². The summed E-state index contributed by atoms with van der Waals surface area (Å²) in [5, 5.41) is 8.44. The minimum absolute atomic E-state index is 0.460. The molecule has 5 nitrogen and oxygen atoms in total. The average Bonchev–Trinajstić information content (AvgIpc) is 2.67. The Morgan fingerprint density at radius 1 is 1.29 bits per heavy atom. The summed E-state index contributed by atoms with van der Waals surface area (Å²) in [6, 6.07) is 1.62. The molecule has 1 amide bonds. The van der Waals surface area contributed by atoms with Gasteiger partial charge in [0.05, 0.1) is 13.2 Å². The number of nitriles is 1. The van der Waals surface area contributed by atoms with Gasteiger partial charge in [-0.3, -0.25) is 4.79 Å². The topological polar surface area (TPSA) is 62.6 Å². The summed E-state index contributed by atoms with van der Waals surface area (Å²) in [5.74, 6) is -0.926. The molecule has 2 fully saturated rings. The summed E-state index contributed by atoms with van der Waals surface area (Å²) in [5.41, 5.74) is 0. The van der Waals surface area contributed by atoms with E-state index in [-0.39, 0.29) is 0 Å². The van der Waals surface area contributed by atoms with Crippen molar-refractivity contribution in [3.8, 4) is 6.07 Å². The van der Waals surface area contributed by atoms with Gasteiger partial charge in [-0.2, -0.15) is 5.26 Å². The summed E-state index contributed by atoms with van der Waals surface area (Å²) >= 11 is 0. The van der Waals surface area contributed by atoms with Crippen LogP contribution in [0, 0.1) is 11.3 Å². The van der Waals surface area contributed by atoms with Gasteiger partial charge in [0.1, 0.15) is 0 Å². The summed E-state index contributed by atoms with van der Waals surface area (Å²) in [7, 11) is 0. The SMILES string of the molecule is N#CC(=O)N1CCC2(CC1)OCCO2. The number of amides is 1. The zero-order chi connectivity index (χ0) is 10.0. The Kier molecular flexibility index (Phi) is 2.40. The number of carbonyl (C=O) groups excluding carboxylic acids is 1. The maximum absolute atomic E-state index is 11.1. The molecule has 0 aromatic carbocycles. The van der Waals surface area contributed by atoms with Crippen molar-refractivity contribution in [2.75, 3.05) is 26.3 Å². The van der Waals surface area contributed by atoms with E-state index in [0.29, 0.717) is 39.1 Å². The molecule has 0 aromatic heterocycles. The van der Waals surface area contributed by atoms with Crippen molar-refractivity contribution in [3.63, 3.8) is 0 Å². The van der Waals surface area contributed by atoms with Crippen LogP contribution in [0.5, 0.6) is 0 Å². The molecule has 0 aliphatic carbocycles. The Bertz CT molecular complexity index is 268. The lowest BCUT2D eigenvalue weighted by atomic mass is 10.0. The van der Waals surface area contributed by atoms with Gasteiger partial charge in [0, 0.05) is 25.9 Å². The number of carbonyl (C=O) groups is 1. The van der Waals surface area contributed by atoms with E-state index in [9.17, 15) is 4.79 Å². The van der Waals surface area contributed by atoms with E-state index in [1.807, 2.05) is 0 Å². The highest BCUT2D eigenvalue weighted by molar-refractivity contribution is 5.91. The van der Waals surface area contributed by atoms with Crippen molar-refractivity contribution >= 4 is 5.91 Å². The van der Waals surface area contributed by atoms with Crippen LogP contribution < -0.4 is 0 Å². The van der Waals surface area contributed by atoms with Crippen LogP contribution in [0.3, 0.4) is 0 Å². The van der Waals surface area contributed by atoms with Crippen molar-refractivity contribution in [2.45, 2.75) is 18.6 Å². The van der Waals surface area contributed by atoms with Crippen molar-refractivity contribution < 1.29 is 14.3 Å². The highest BCUT2D eigenvalue weighted by atomic mass is 16.7. The fourth-order valence-electron chi connectivity index (χ4n) is 1.91. The van der Waals surface area contributed by atoms with Gasteiger partial charge < -0.3 is 14.4 Å². The van der Waals surface area contributed by atoms with Gasteiger partial charge >= 0.3 is 5.91 Å². The average molecular weight is 196 g/mol. The van der Waals surface area contributed by atoms with E-state index in [1.54, 1.807) is 6.07 Å². The van der Waals surface area contributed by atoms with Gasteiger partial charge in [-0.25, -0.2) is 0 Å². The zero-order valence-electron chi connectivity index (χ0n) is 7.86. The summed E-state index contributed by atoms with van der Waals surface area (Å²) in [6.07, 6.45) is 1.33. The summed E-state index contributed by atoms with van der Waals surface area (Å²) in [6.45, 7) is 2.36. The molecule has 5 heteroatoms. The molecular weight excluding hydrogens is 184 g/mol. The van der Waals surface area contributed by atoms with Gasteiger partial charge in [0.15, 0.2) is 11.9 Å². The van der Waals surface area contributed by atoms with E-state index in [2.05, 4.69) is 0 Å². The van der Waals surface area contributed by atoms with Crippen LogP contribution in [0.2, 0.25) is 0 Å².